The third kappa shape index (κ3) is 3.14. The Morgan fingerprint density at radius 1 is 1.32 bits per heavy atom. The summed E-state index contributed by atoms with van der Waals surface area (Å²) >= 11 is 0. The highest BCUT2D eigenvalue weighted by Gasteiger charge is 2.21. The lowest BCUT2D eigenvalue weighted by Gasteiger charge is -2.34. The van der Waals surface area contributed by atoms with Crippen LogP contribution in [0.4, 0.5) is 0 Å². The van der Waals surface area contributed by atoms with Gasteiger partial charge < -0.3 is 14.8 Å². The van der Waals surface area contributed by atoms with Crippen LogP contribution in [0.25, 0.3) is 0 Å². The Bertz CT molecular complexity index is 428. The average molecular weight is 285 g/mol. The molecule has 19 heavy (non-hydrogen) atoms. The Kier molecular flexibility index (Phi) is 4.91. The minimum Gasteiger partial charge on any atom is -0.486 e. The van der Waals surface area contributed by atoms with Crippen LogP contribution in [0.1, 0.15) is 12.5 Å². The van der Waals surface area contributed by atoms with E-state index in [1.165, 1.54) is 5.56 Å². The van der Waals surface area contributed by atoms with Crippen LogP contribution in [0.3, 0.4) is 0 Å². The van der Waals surface area contributed by atoms with Crippen LogP contribution < -0.4 is 14.8 Å². The summed E-state index contributed by atoms with van der Waals surface area (Å²) in [6.45, 7) is 7.73. The van der Waals surface area contributed by atoms with Crippen molar-refractivity contribution in [1.82, 2.24) is 10.2 Å². The fraction of sp³-hybridized carbons (Fsp3) is 0.571. The van der Waals surface area contributed by atoms with Gasteiger partial charge in [0.1, 0.15) is 13.2 Å². The summed E-state index contributed by atoms with van der Waals surface area (Å²) in [7, 11) is 0. The number of benzene rings is 1. The molecule has 1 N–H and O–H groups in total. The molecule has 0 amide bonds. The van der Waals surface area contributed by atoms with Crippen molar-refractivity contribution in [3.05, 3.63) is 23.8 Å². The molecule has 0 radical (unpaired) electrons. The van der Waals surface area contributed by atoms with Crippen molar-refractivity contribution in [2.24, 2.45) is 0 Å². The normalized spacial score (nSPS) is 22.7. The standard InChI is InChI=1S/C14H20N2O2.ClH/c1-11-9-15-5-6-16(11)10-12-3-2-4-13-14(12)18-8-7-17-13;/h2-4,11,15H,5-10H2,1H3;1H/t11-;/m1./s1. The van der Waals surface area contributed by atoms with Crippen LogP contribution in [0.2, 0.25) is 0 Å². The van der Waals surface area contributed by atoms with E-state index >= 15 is 0 Å². The highest BCUT2D eigenvalue weighted by atomic mass is 35.5. The molecular formula is C14H21ClN2O2. The van der Waals surface area contributed by atoms with Crippen LogP contribution in [-0.2, 0) is 6.54 Å². The molecule has 106 valence electrons. The Labute approximate surface area is 120 Å². The number of hydrogen-bond acceptors (Lipinski definition) is 4. The molecular weight excluding hydrogens is 264 g/mol. The van der Waals surface area contributed by atoms with E-state index in [0.717, 1.165) is 37.7 Å². The van der Waals surface area contributed by atoms with Crippen molar-refractivity contribution < 1.29 is 9.47 Å². The lowest BCUT2D eigenvalue weighted by molar-refractivity contribution is 0.150. The van der Waals surface area contributed by atoms with Gasteiger partial charge in [0.15, 0.2) is 11.5 Å². The quantitative estimate of drug-likeness (QED) is 0.896. The predicted octanol–water partition coefficient (Wildman–Crippen LogP) is 1.67. The summed E-state index contributed by atoms with van der Waals surface area (Å²) in [5, 5.41) is 3.41. The maximum atomic E-state index is 5.76. The number of rotatable bonds is 2. The van der Waals surface area contributed by atoms with Crippen LogP contribution >= 0.6 is 12.4 Å². The maximum absolute atomic E-state index is 5.76. The van der Waals surface area contributed by atoms with Crippen LogP contribution in [-0.4, -0.2) is 43.8 Å². The van der Waals surface area contributed by atoms with Gasteiger partial charge in [0.25, 0.3) is 0 Å². The fourth-order valence-corrected chi connectivity index (χ4v) is 2.60. The number of nitrogens with one attached hydrogen (secondary N) is 1. The average Bonchev–Trinajstić information content (AvgIpc) is 2.42. The number of piperazine rings is 1. The number of halogens is 1. The first-order valence-electron chi connectivity index (χ1n) is 6.67. The molecule has 1 aromatic rings. The van der Waals surface area contributed by atoms with E-state index in [1.54, 1.807) is 0 Å². The molecule has 0 aliphatic carbocycles. The van der Waals surface area contributed by atoms with Gasteiger partial charge in [0.2, 0.25) is 0 Å². The van der Waals surface area contributed by atoms with E-state index < -0.39 is 0 Å². The van der Waals surface area contributed by atoms with Crippen LogP contribution in [0.5, 0.6) is 11.5 Å². The topological polar surface area (TPSA) is 33.7 Å². The first kappa shape index (κ1) is 14.4. The van der Waals surface area contributed by atoms with Gasteiger partial charge >= 0.3 is 0 Å². The summed E-state index contributed by atoms with van der Waals surface area (Å²) in [6.07, 6.45) is 0. The van der Waals surface area contributed by atoms with E-state index in [1.807, 2.05) is 6.07 Å². The van der Waals surface area contributed by atoms with Gasteiger partial charge in [-0.3, -0.25) is 4.90 Å². The first-order chi connectivity index (χ1) is 8.84. The van der Waals surface area contributed by atoms with Gasteiger partial charge in [-0.05, 0) is 13.0 Å². The number of hydrogen-bond donors (Lipinski definition) is 1. The second kappa shape index (κ2) is 6.46. The maximum Gasteiger partial charge on any atom is 0.165 e. The monoisotopic (exact) mass is 284 g/mol. The molecule has 1 fully saturated rings. The van der Waals surface area contributed by atoms with Crippen LogP contribution in [0.15, 0.2) is 18.2 Å². The largest absolute Gasteiger partial charge is 0.486 e. The summed E-state index contributed by atoms with van der Waals surface area (Å²) in [5.74, 6) is 1.83. The minimum atomic E-state index is 0. The Morgan fingerprint density at radius 2 is 2.16 bits per heavy atom. The number of para-hydroxylation sites is 1. The molecule has 2 aliphatic rings. The van der Waals surface area contributed by atoms with Gasteiger partial charge in [-0.2, -0.15) is 0 Å². The Hall–Kier alpha value is -0.970. The summed E-state index contributed by atoms with van der Waals surface area (Å²) in [6, 6.07) is 6.75. The van der Waals surface area contributed by atoms with Crippen molar-refractivity contribution in [3.63, 3.8) is 0 Å². The molecule has 0 aromatic heterocycles. The predicted molar refractivity (Wildman–Crippen MR) is 77.4 cm³/mol. The van der Waals surface area contributed by atoms with E-state index in [-0.39, 0.29) is 12.4 Å². The third-order valence-corrected chi connectivity index (χ3v) is 3.66. The Morgan fingerprint density at radius 3 is 3.00 bits per heavy atom. The second-order valence-electron chi connectivity index (χ2n) is 4.96. The Balaban J connectivity index is 0.00000133. The lowest BCUT2D eigenvalue weighted by atomic mass is 10.1. The molecule has 1 aromatic carbocycles. The van der Waals surface area contributed by atoms with E-state index in [9.17, 15) is 0 Å². The smallest absolute Gasteiger partial charge is 0.165 e. The highest BCUT2D eigenvalue weighted by Crippen LogP contribution is 2.34. The highest BCUT2D eigenvalue weighted by molar-refractivity contribution is 5.85. The zero-order valence-electron chi connectivity index (χ0n) is 11.2. The van der Waals surface area contributed by atoms with Gasteiger partial charge in [-0.25, -0.2) is 0 Å². The van der Waals surface area contributed by atoms with E-state index in [2.05, 4.69) is 29.3 Å². The molecule has 1 atom stereocenters. The summed E-state index contributed by atoms with van der Waals surface area (Å²) in [4.78, 5) is 2.49. The van der Waals surface area contributed by atoms with Crippen molar-refractivity contribution in [2.75, 3.05) is 32.8 Å². The summed E-state index contributed by atoms with van der Waals surface area (Å²) < 4.78 is 11.4. The molecule has 4 nitrogen and oxygen atoms in total. The van der Waals surface area contributed by atoms with Crippen molar-refractivity contribution in [2.45, 2.75) is 19.5 Å². The van der Waals surface area contributed by atoms with Gasteiger partial charge in [-0.1, -0.05) is 12.1 Å². The summed E-state index contributed by atoms with van der Waals surface area (Å²) in [5.41, 5.74) is 1.24. The zero-order chi connectivity index (χ0) is 12.4. The third-order valence-electron chi connectivity index (χ3n) is 3.66. The molecule has 2 heterocycles. The molecule has 0 unspecified atom stereocenters. The molecule has 3 rings (SSSR count). The van der Waals surface area contributed by atoms with Crippen LogP contribution in [0, 0.1) is 0 Å². The second-order valence-corrected chi connectivity index (χ2v) is 4.96. The minimum absolute atomic E-state index is 0. The van der Waals surface area contributed by atoms with Crippen molar-refractivity contribution in [3.8, 4) is 11.5 Å². The van der Waals surface area contributed by atoms with Gasteiger partial charge in [0, 0.05) is 37.8 Å². The SMILES string of the molecule is C[C@@H]1CNCCN1Cc1cccc2c1OCCO2.Cl. The van der Waals surface area contributed by atoms with Crippen molar-refractivity contribution in [1.29, 1.82) is 0 Å². The number of ether oxygens (including phenoxy) is 2. The fourth-order valence-electron chi connectivity index (χ4n) is 2.60. The molecule has 2 aliphatic heterocycles. The van der Waals surface area contributed by atoms with E-state index in [0.29, 0.717) is 19.3 Å². The molecule has 0 bridgehead atoms. The molecule has 1 saturated heterocycles. The number of fused-ring (bicyclic) bond motifs is 1. The molecule has 0 spiro atoms. The first-order valence-corrected chi connectivity index (χ1v) is 6.67. The van der Waals surface area contributed by atoms with Gasteiger partial charge in [-0.15, -0.1) is 12.4 Å². The zero-order valence-corrected chi connectivity index (χ0v) is 12.0. The van der Waals surface area contributed by atoms with E-state index in [4.69, 9.17) is 9.47 Å². The number of nitrogens with zero attached hydrogens (tertiary/aromatic N) is 1. The molecule has 5 heteroatoms. The van der Waals surface area contributed by atoms with Crippen molar-refractivity contribution >= 4 is 12.4 Å². The lowest BCUT2D eigenvalue weighted by Crippen LogP contribution is -2.49. The van der Waals surface area contributed by atoms with Gasteiger partial charge in [0.05, 0.1) is 0 Å². The molecule has 0 saturated carbocycles.